The molecule has 1 aromatic heterocycles. The predicted molar refractivity (Wildman–Crippen MR) is 88.2 cm³/mol. The smallest absolute Gasteiger partial charge is 0.173 e. The van der Waals surface area contributed by atoms with E-state index in [-0.39, 0.29) is 5.78 Å². The number of rotatable bonds is 4. The number of fused-ring (bicyclic) bond motifs is 1. The first-order chi connectivity index (χ1) is 10.2. The molecule has 0 saturated heterocycles. The number of carbonyl (C=O) groups is 1. The van der Waals surface area contributed by atoms with Gasteiger partial charge in [0, 0.05) is 16.0 Å². The minimum atomic E-state index is 0.0756. The molecule has 1 heterocycles. The van der Waals surface area contributed by atoms with Crippen LogP contribution in [0.2, 0.25) is 5.02 Å². The summed E-state index contributed by atoms with van der Waals surface area (Å²) in [7, 11) is 0. The van der Waals surface area contributed by atoms with Gasteiger partial charge in [-0.1, -0.05) is 47.6 Å². The molecule has 0 radical (unpaired) electrons. The third-order valence-corrected chi connectivity index (χ3v) is 4.27. The maximum absolute atomic E-state index is 12.1. The third-order valence-electron chi connectivity index (χ3n) is 3.09. The Kier molecular flexibility index (Phi) is 4.23. The monoisotopic (exact) mass is 313 g/mol. The van der Waals surface area contributed by atoms with E-state index in [1.807, 2.05) is 36.4 Å². The van der Waals surface area contributed by atoms with E-state index in [9.17, 15) is 4.79 Å². The van der Waals surface area contributed by atoms with Crippen LogP contribution in [-0.4, -0.2) is 16.5 Å². The standard InChI is InChI=1S/C17H12ClNOS/c18-14-8-5-13(6-9-14)16(20)11-21-17-10-7-12-3-1-2-4-15(12)19-17/h1-10H,11H2. The number of Topliss-reactive ketones (excluding diaryl/α,β-unsaturated/α-hetero) is 1. The molecule has 0 amide bonds. The molecule has 0 aliphatic heterocycles. The van der Waals surface area contributed by atoms with Gasteiger partial charge in [-0.25, -0.2) is 4.98 Å². The Morgan fingerprint density at radius 1 is 1.00 bits per heavy atom. The van der Waals surface area contributed by atoms with Crippen molar-refractivity contribution >= 4 is 40.0 Å². The number of hydrogen-bond donors (Lipinski definition) is 0. The molecular weight excluding hydrogens is 302 g/mol. The number of benzene rings is 2. The zero-order valence-corrected chi connectivity index (χ0v) is 12.7. The van der Waals surface area contributed by atoms with Gasteiger partial charge in [0.15, 0.2) is 5.78 Å². The molecule has 4 heteroatoms. The Morgan fingerprint density at radius 3 is 2.57 bits per heavy atom. The number of nitrogens with zero attached hydrogens (tertiary/aromatic N) is 1. The van der Waals surface area contributed by atoms with Gasteiger partial charge >= 0.3 is 0 Å². The van der Waals surface area contributed by atoms with E-state index >= 15 is 0 Å². The summed E-state index contributed by atoms with van der Waals surface area (Å²) < 4.78 is 0. The average Bonchev–Trinajstić information content (AvgIpc) is 2.53. The Bertz CT molecular complexity index is 786. The highest BCUT2D eigenvalue weighted by Gasteiger charge is 2.07. The molecule has 0 N–H and O–H groups in total. The summed E-state index contributed by atoms with van der Waals surface area (Å²) in [6, 6.07) is 18.9. The van der Waals surface area contributed by atoms with Gasteiger partial charge in [0.25, 0.3) is 0 Å². The summed E-state index contributed by atoms with van der Waals surface area (Å²) in [6.45, 7) is 0. The van der Waals surface area contributed by atoms with Crippen molar-refractivity contribution in [3.05, 3.63) is 71.2 Å². The summed E-state index contributed by atoms with van der Waals surface area (Å²) in [6.07, 6.45) is 0. The Hall–Kier alpha value is -1.84. The summed E-state index contributed by atoms with van der Waals surface area (Å²) in [5, 5.41) is 2.59. The second-order valence-corrected chi connectivity index (χ2v) is 5.99. The van der Waals surface area contributed by atoms with E-state index in [0.717, 1.165) is 15.9 Å². The lowest BCUT2D eigenvalue weighted by Crippen LogP contribution is -2.02. The number of pyridine rings is 1. The van der Waals surface area contributed by atoms with Gasteiger partial charge in [-0.15, -0.1) is 0 Å². The van der Waals surface area contributed by atoms with Gasteiger partial charge in [0.05, 0.1) is 16.3 Å². The molecule has 21 heavy (non-hydrogen) atoms. The Balaban J connectivity index is 1.71. The van der Waals surface area contributed by atoms with Crippen LogP contribution in [0.4, 0.5) is 0 Å². The van der Waals surface area contributed by atoms with Crippen LogP contribution in [0.3, 0.4) is 0 Å². The largest absolute Gasteiger partial charge is 0.293 e. The lowest BCUT2D eigenvalue weighted by atomic mass is 10.1. The minimum absolute atomic E-state index is 0.0756. The van der Waals surface area contributed by atoms with Gasteiger partial charge in [-0.2, -0.15) is 0 Å². The van der Waals surface area contributed by atoms with Crippen LogP contribution in [0.25, 0.3) is 10.9 Å². The molecule has 0 spiro atoms. The number of halogens is 1. The van der Waals surface area contributed by atoms with Crippen molar-refractivity contribution in [1.82, 2.24) is 4.98 Å². The van der Waals surface area contributed by atoms with Crippen molar-refractivity contribution in [1.29, 1.82) is 0 Å². The van der Waals surface area contributed by atoms with Crippen molar-refractivity contribution in [2.75, 3.05) is 5.75 Å². The summed E-state index contributed by atoms with van der Waals surface area (Å²) in [4.78, 5) is 16.6. The van der Waals surface area contributed by atoms with Crippen molar-refractivity contribution in [3.63, 3.8) is 0 Å². The van der Waals surface area contributed by atoms with E-state index in [4.69, 9.17) is 11.6 Å². The maximum Gasteiger partial charge on any atom is 0.173 e. The van der Waals surface area contributed by atoms with Gasteiger partial charge in [-0.05, 0) is 36.4 Å². The van der Waals surface area contributed by atoms with E-state index < -0.39 is 0 Å². The van der Waals surface area contributed by atoms with Crippen LogP contribution in [0.1, 0.15) is 10.4 Å². The molecule has 0 unspecified atom stereocenters. The van der Waals surface area contributed by atoms with E-state index in [0.29, 0.717) is 16.3 Å². The molecule has 2 nitrogen and oxygen atoms in total. The zero-order chi connectivity index (χ0) is 14.7. The number of hydrogen-bond acceptors (Lipinski definition) is 3. The van der Waals surface area contributed by atoms with Crippen LogP contribution in [0.5, 0.6) is 0 Å². The molecule has 3 rings (SSSR count). The van der Waals surface area contributed by atoms with Gasteiger partial charge in [-0.3, -0.25) is 4.79 Å². The van der Waals surface area contributed by atoms with Crippen LogP contribution < -0.4 is 0 Å². The third kappa shape index (κ3) is 3.43. The molecule has 104 valence electrons. The normalized spacial score (nSPS) is 10.7. The first-order valence-electron chi connectivity index (χ1n) is 6.50. The van der Waals surface area contributed by atoms with Gasteiger partial charge < -0.3 is 0 Å². The van der Waals surface area contributed by atoms with Crippen molar-refractivity contribution in [2.24, 2.45) is 0 Å². The molecule has 2 aromatic carbocycles. The summed E-state index contributed by atoms with van der Waals surface area (Å²) in [5.41, 5.74) is 1.62. The van der Waals surface area contributed by atoms with Crippen molar-refractivity contribution < 1.29 is 4.79 Å². The number of para-hydroxylation sites is 1. The number of carbonyl (C=O) groups excluding carboxylic acids is 1. The lowest BCUT2D eigenvalue weighted by molar-refractivity contribution is 0.102. The summed E-state index contributed by atoms with van der Waals surface area (Å²) in [5.74, 6) is 0.444. The first-order valence-corrected chi connectivity index (χ1v) is 7.86. The first kappa shape index (κ1) is 14.1. The number of ketones is 1. The van der Waals surface area contributed by atoms with Crippen LogP contribution >= 0.6 is 23.4 Å². The SMILES string of the molecule is O=C(CSc1ccc2ccccc2n1)c1ccc(Cl)cc1. The van der Waals surface area contributed by atoms with Crippen molar-refractivity contribution in [2.45, 2.75) is 5.03 Å². The molecule has 3 aromatic rings. The molecule has 0 saturated carbocycles. The molecule has 0 aliphatic carbocycles. The topological polar surface area (TPSA) is 30.0 Å². The second-order valence-electron chi connectivity index (χ2n) is 4.56. The molecule has 0 atom stereocenters. The molecule has 0 bridgehead atoms. The number of aromatic nitrogens is 1. The van der Waals surface area contributed by atoms with Gasteiger partial charge in [0.2, 0.25) is 0 Å². The van der Waals surface area contributed by atoms with E-state index in [1.54, 1.807) is 24.3 Å². The van der Waals surface area contributed by atoms with E-state index in [1.165, 1.54) is 11.8 Å². The van der Waals surface area contributed by atoms with Crippen LogP contribution in [-0.2, 0) is 0 Å². The Labute approximate surface area is 132 Å². The fourth-order valence-corrected chi connectivity index (χ4v) is 2.89. The highest BCUT2D eigenvalue weighted by atomic mass is 35.5. The van der Waals surface area contributed by atoms with Crippen molar-refractivity contribution in [3.8, 4) is 0 Å². The summed E-state index contributed by atoms with van der Waals surface area (Å²) >= 11 is 7.27. The quantitative estimate of drug-likeness (QED) is 0.509. The predicted octanol–water partition coefficient (Wildman–Crippen LogP) is 4.86. The lowest BCUT2D eigenvalue weighted by Gasteiger charge is -2.03. The fourth-order valence-electron chi connectivity index (χ4n) is 1.99. The van der Waals surface area contributed by atoms with Crippen LogP contribution in [0, 0.1) is 0 Å². The fraction of sp³-hybridized carbons (Fsp3) is 0.0588. The molecule has 0 aliphatic rings. The van der Waals surface area contributed by atoms with E-state index in [2.05, 4.69) is 4.98 Å². The van der Waals surface area contributed by atoms with Crippen LogP contribution in [0.15, 0.2) is 65.7 Å². The highest BCUT2D eigenvalue weighted by molar-refractivity contribution is 7.99. The number of thioether (sulfide) groups is 1. The second kappa shape index (κ2) is 6.29. The minimum Gasteiger partial charge on any atom is -0.293 e. The highest BCUT2D eigenvalue weighted by Crippen LogP contribution is 2.21. The van der Waals surface area contributed by atoms with Gasteiger partial charge in [0.1, 0.15) is 0 Å². The maximum atomic E-state index is 12.1. The zero-order valence-electron chi connectivity index (χ0n) is 11.1. The Morgan fingerprint density at radius 2 is 1.76 bits per heavy atom. The average molecular weight is 314 g/mol. The molecular formula is C17H12ClNOS. The molecule has 0 fully saturated rings.